The first kappa shape index (κ1) is 12.9. The van der Waals surface area contributed by atoms with Gasteiger partial charge < -0.3 is 0 Å². The maximum Gasteiger partial charge on any atom is 0.285 e. The number of hydrogen-bond acceptors (Lipinski definition) is 6. The summed E-state index contributed by atoms with van der Waals surface area (Å²) in [6.45, 7) is -0.502. The highest BCUT2D eigenvalue weighted by Crippen LogP contribution is 2.28. The van der Waals surface area contributed by atoms with E-state index in [2.05, 4.69) is 4.98 Å². The number of thiophene rings is 1. The summed E-state index contributed by atoms with van der Waals surface area (Å²) >= 11 is 1.20. The fourth-order valence-corrected chi connectivity index (χ4v) is 4.01. The zero-order valence-corrected chi connectivity index (χ0v) is 11.6. The molecule has 0 aliphatic carbocycles. The van der Waals surface area contributed by atoms with Gasteiger partial charge in [-0.3, -0.25) is 9.59 Å². The second-order valence-electron chi connectivity index (χ2n) is 4.07. The Balaban J connectivity index is 1.97. The van der Waals surface area contributed by atoms with E-state index in [1.54, 1.807) is 17.5 Å². The molecule has 0 radical (unpaired) electrons. The third kappa shape index (κ3) is 1.84. The highest BCUT2D eigenvalue weighted by molar-refractivity contribution is 7.90. The molecule has 0 saturated carbocycles. The van der Waals surface area contributed by atoms with E-state index in [0.29, 0.717) is 9.18 Å². The van der Waals surface area contributed by atoms with Crippen LogP contribution in [0.2, 0.25) is 0 Å². The van der Waals surface area contributed by atoms with Crippen LogP contribution in [-0.2, 0) is 10.0 Å². The third-order valence-corrected chi connectivity index (χ3v) is 5.45. The molecule has 0 N–H and O–H groups in total. The number of amides is 1. The fourth-order valence-electron chi connectivity index (χ4n) is 1.91. The molecule has 3 rings (SSSR count). The Morgan fingerprint density at radius 3 is 2.75 bits per heavy atom. The highest BCUT2D eigenvalue weighted by Gasteiger charge is 2.43. The molecular formula is C12H8N2O4S2. The Labute approximate surface area is 118 Å². The van der Waals surface area contributed by atoms with Crippen LogP contribution in [0.1, 0.15) is 20.0 Å². The van der Waals surface area contributed by atoms with Gasteiger partial charge in [-0.25, -0.2) is 9.29 Å². The summed E-state index contributed by atoms with van der Waals surface area (Å²) in [6.07, 6.45) is 1.30. The summed E-state index contributed by atoms with van der Waals surface area (Å²) in [5.74, 6) is -1.12. The Morgan fingerprint density at radius 2 is 2.10 bits per heavy atom. The van der Waals surface area contributed by atoms with Crippen LogP contribution < -0.4 is 0 Å². The maximum atomic E-state index is 12.2. The average Bonchev–Trinajstić information content (AvgIpc) is 3.02. The predicted octanol–water partition coefficient (Wildman–Crippen LogP) is 1.17. The molecule has 1 aliphatic rings. The Bertz CT molecular complexity index is 797. The number of ketones is 1. The van der Waals surface area contributed by atoms with Crippen molar-refractivity contribution in [2.45, 2.75) is 5.03 Å². The van der Waals surface area contributed by atoms with Gasteiger partial charge >= 0.3 is 0 Å². The van der Waals surface area contributed by atoms with E-state index >= 15 is 0 Å². The number of nitrogens with zero attached hydrogens (tertiary/aromatic N) is 2. The summed E-state index contributed by atoms with van der Waals surface area (Å²) in [4.78, 5) is 28.2. The summed E-state index contributed by atoms with van der Waals surface area (Å²) in [7, 11) is -4.03. The zero-order chi connectivity index (χ0) is 14.3. The van der Waals surface area contributed by atoms with Crippen molar-refractivity contribution in [1.82, 2.24) is 9.29 Å². The van der Waals surface area contributed by atoms with Gasteiger partial charge in [0.25, 0.3) is 15.9 Å². The van der Waals surface area contributed by atoms with Crippen molar-refractivity contribution in [3.05, 3.63) is 46.3 Å². The minimum Gasteiger partial charge on any atom is -0.291 e. The van der Waals surface area contributed by atoms with Gasteiger partial charge in [-0.1, -0.05) is 6.07 Å². The number of carbonyl (C=O) groups is 2. The second kappa shape index (κ2) is 4.50. The number of sulfonamides is 1. The van der Waals surface area contributed by atoms with Crippen molar-refractivity contribution in [1.29, 1.82) is 0 Å². The second-order valence-corrected chi connectivity index (χ2v) is 6.80. The maximum absolute atomic E-state index is 12.2. The van der Waals surface area contributed by atoms with E-state index in [9.17, 15) is 18.0 Å². The number of rotatable bonds is 3. The Morgan fingerprint density at radius 1 is 1.30 bits per heavy atom. The monoisotopic (exact) mass is 308 g/mol. The standard InChI is InChI=1S/C12H8N2O4S2/c15-9(10-4-2-6-19-10)7-14-12(16)8-3-1-5-13-11(8)20(14,17)18/h1-6H,7H2. The molecule has 0 atom stereocenters. The molecule has 1 amide bonds. The number of fused-ring (bicyclic) bond motifs is 1. The van der Waals surface area contributed by atoms with E-state index in [0.717, 1.165) is 0 Å². The summed E-state index contributed by atoms with van der Waals surface area (Å²) in [5, 5.41) is 1.42. The van der Waals surface area contributed by atoms with Crippen LogP contribution in [0.25, 0.3) is 0 Å². The highest BCUT2D eigenvalue weighted by atomic mass is 32.2. The number of aromatic nitrogens is 1. The van der Waals surface area contributed by atoms with Gasteiger partial charge in [0.05, 0.1) is 10.4 Å². The molecule has 2 aromatic heterocycles. The largest absolute Gasteiger partial charge is 0.291 e. The Hall–Kier alpha value is -2.06. The minimum atomic E-state index is -4.03. The van der Waals surface area contributed by atoms with Crippen LogP contribution in [0.4, 0.5) is 0 Å². The van der Waals surface area contributed by atoms with Crippen LogP contribution in [0, 0.1) is 0 Å². The van der Waals surface area contributed by atoms with Gasteiger partial charge in [0.2, 0.25) is 0 Å². The van der Waals surface area contributed by atoms with Gasteiger partial charge in [-0.15, -0.1) is 11.3 Å². The summed E-state index contributed by atoms with van der Waals surface area (Å²) in [6, 6.07) is 6.15. The first-order chi connectivity index (χ1) is 9.51. The van der Waals surface area contributed by atoms with Gasteiger partial charge in [-0.2, -0.15) is 8.42 Å². The lowest BCUT2D eigenvalue weighted by Gasteiger charge is -2.12. The van der Waals surface area contributed by atoms with Crippen molar-refractivity contribution in [3.8, 4) is 0 Å². The molecule has 2 aromatic rings. The molecule has 3 heterocycles. The molecule has 0 spiro atoms. The van der Waals surface area contributed by atoms with Crippen molar-refractivity contribution in [2.24, 2.45) is 0 Å². The zero-order valence-electron chi connectivity index (χ0n) is 10.0. The number of hydrogen-bond donors (Lipinski definition) is 0. The lowest BCUT2D eigenvalue weighted by molar-refractivity contribution is 0.0821. The van der Waals surface area contributed by atoms with Gasteiger partial charge in [0, 0.05) is 6.20 Å². The predicted molar refractivity (Wildman–Crippen MR) is 71.1 cm³/mol. The first-order valence-corrected chi connectivity index (χ1v) is 7.92. The SMILES string of the molecule is O=C(CN1C(=O)c2cccnc2S1(=O)=O)c1cccs1. The normalized spacial score (nSPS) is 16.2. The number of pyridine rings is 1. The van der Waals surface area contributed by atoms with Crippen LogP contribution in [0.3, 0.4) is 0 Å². The first-order valence-electron chi connectivity index (χ1n) is 5.60. The molecule has 0 fully saturated rings. The van der Waals surface area contributed by atoms with Crippen molar-refractivity contribution in [3.63, 3.8) is 0 Å². The van der Waals surface area contributed by atoms with Crippen LogP contribution in [0.5, 0.6) is 0 Å². The van der Waals surface area contributed by atoms with Crippen molar-refractivity contribution >= 4 is 33.1 Å². The minimum absolute atomic E-state index is 0.00600. The summed E-state index contributed by atoms with van der Waals surface area (Å²) in [5.41, 5.74) is 0.00600. The van der Waals surface area contributed by atoms with E-state index in [1.165, 1.54) is 29.7 Å². The molecule has 8 heteroatoms. The van der Waals surface area contributed by atoms with Gasteiger partial charge in [-0.05, 0) is 23.6 Å². The average molecular weight is 308 g/mol. The molecule has 102 valence electrons. The molecule has 0 saturated heterocycles. The summed E-state index contributed by atoms with van der Waals surface area (Å²) < 4.78 is 25.0. The lowest BCUT2D eigenvalue weighted by atomic mass is 10.2. The fraction of sp³-hybridized carbons (Fsp3) is 0.0833. The van der Waals surface area contributed by atoms with Crippen LogP contribution >= 0.6 is 11.3 Å². The molecule has 20 heavy (non-hydrogen) atoms. The van der Waals surface area contributed by atoms with E-state index in [4.69, 9.17) is 0 Å². The van der Waals surface area contributed by atoms with E-state index in [1.807, 2.05) is 0 Å². The number of Topliss-reactive ketones (excluding diaryl/α,β-unsaturated/α-hetero) is 1. The Kier molecular flexibility index (Phi) is 2.91. The van der Waals surface area contributed by atoms with E-state index < -0.39 is 28.3 Å². The van der Waals surface area contributed by atoms with Crippen molar-refractivity contribution < 1.29 is 18.0 Å². The third-order valence-electron chi connectivity index (χ3n) is 2.85. The van der Waals surface area contributed by atoms with Crippen LogP contribution in [-0.4, -0.2) is 35.9 Å². The lowest BCUT2D eigenvalue weighted by Crippen LogP contribution is -2.34. The smallest absolute Gasteiger partial charge is 0.285 e. The van der Waals surface area contributed by atoms with Gasteiger partial charge in [0.1, 0.15) is 6.54 Å². The molecule has 0 bridgehead atoms. The number of carbonyl (C=O) groups excluding carboxylic acids is 2. The van der Waals surface area contributed by atoms with Gasteiger partial charge in [0.15, 0.2) is 10.8 Å². The molecule has 0 aromatic carbocycles. The molecule has 0 unspecified atom stereocenters. The topological polar surface area (TPSA) is 84.4 Å². The van der Waals surface area contributed by atoms with E-state index in [-0.39, 0.29) is 10.6 Å². The van der Waals surface area contributed by atoms with Crippen molar-refractivity contribution in [2.75, 3.05) is 6.54 Å². The molecule has 1 aliphatic heterocycles. The molecule has 6 nitrogen and oxygen atoms in total. The quantitative estimate of drug-likeness (QED) is 0.795. The van der Waals surface area contributed by atoms with Crippen LogP contribution in [0.15, 0.2) is 40.9 Å². The molecular weight excluding hydrogens is 300 g/mol.